The number of halogens is 1. The normalized spacial score (nSPS) is 14.6. The highest BCUT2D eigenvalue weighted by molar-refractivity contribution is 6.29. The molecule has 1 heterocycles. The average molecular weight is 258 g/mol. The van der Waals surface area contributed by atoms with Gasteiger partial charge in [0.05, 0.1) is 5.41 Å². The maximum absolute atomic E-state index is 10.9. The average Bonchev–Trinajstić information content (AvgIpc) is 3.16. The second-order valence-electron chi connectivity index (χ2n) is 3.26. The fourth-order valence-corrected chi connectivity index (χ4v) is 1.52. The summed E-state index contributed by atoms with van der Waals surface area (Å²) >= 11 is 5.60. The van der Waals surface area contributed by atoms with Gasteiger partial charge in [0.1, 0.15) is 5.15 Å². The molecule has 1 aliphatic rings. The predicted octanol–water partition coefficient (Wildman–Crippen LogP) is 3.90. The fourth-order valence-electron chi connectivity index (χ4n) is 1.41. The third-order valence-corrected chi connectivity index (χ3v) is 2.66. The van der Waals surface area contributed by atoms with Gasteiger partial charge in [-0.1, -0.05) is 45.4 Å². The quantitative estimate of drug-likeness (QED) is 0.818. The number of aromatic nitrogens is 1. The molecule has 0 saturated heterocycles. The van der Waals surface area contributed by atoms with E-state index in [1.54, 1.807) is 18.3 Å². The van der Waals surface area contributed by atoms with Gasteiger partial charge >= 0.3 is 5.97 Å². The van der Waals surface area contributed by atoms with Crippen molar-refractivity contribution in [2.24, 2.45) is 0 Å². The number of rotatable bonds is 2. The summed E-state index contributed by atoms with van der Waals surface area (Å²) in [4.78, 5) is 14.8. The Hall–Kier alpha value is -1.09. The highest BCUT2D eigenvalue weighted by Crippen LogP contribution is 2.48. The number of pyridine rings is 1. The van der Waals surface area contributed by atoms with Crippen molar-refractivity contribution in [3.8, 4) is 0 Å². The van der Waals surface area contributed by atoms with Crippen LogP contribution in [0.25, 0.3) is 0 Å². The van der Waals surface area contributed by atoms with Crippen molar-refractivity contribution in [1.29, 1.82) is 0 Å². The Morgan fingerprint density at radius 1 is 1.29 bits per heavy atom. The molecular formula is C13H20ClNO2. The molecule has 1 fully saturated rings. The number of nitrogens with zero attached hydrogens (tertiary/aromatic N) is 1. The molecule has 0 amide bonds. The lowest BCUT2D eigenvalue weighted by Gasteiger charge is -2.08. The molecule has 1 aromatic rings. The lowest BCUT2D eigenvalue weighted by atomic mass is 9.98. The van der Waals surface area contributed by atoms with Crippen molar-refractivity contribution in [3.05, 3.63) is 29.0 Å². The van der Waals surface area contributed by atoms with Gasteiger partial charge in [-0.25, -0.2) is 4.98 Å². The monoisotopic (exact) mass is 257 g/mol. The van der Waals surface area contributed by atoms with Crippen LogP contribution >= 0.6 is 11.6 Å². The van der Waals surface area contributed by atoms with Gasteiger partial charge in [0.2, 0.25) is 0 Å². The van der Waals surface area contributed by atoms with Crippen LogP contribution in [0, 0.1) is 0 Å². The topological polar surface area (TPSA) is 50.2 Å². The minimum Gasteiger partial charge on any atom is -0.481 e. The molecule has 3 nitrogen and oxygen atoms in total. The van der Waals surface area contributed by atoms with Crippen LogP contribution in [0.15, 0.2) is 18.3 Å². The van der Waals surface area contributed by atoms with Gasteiger partial charge in [-0.05, 0) is 24.5 Å². The molecule has 0 spiro atoms. The van der Waals surface area contributed by atoms with E-state index >= 15 is 0 Å². The van der Waals surface area contributed by atoms with Crippen molar-refractivity contribution in [3.63, 3.8) is 0 Å². The number of hydrogen-bond acceptors (Lipinski definition) is 2. The van der Waals surface area contributed by atoms with E-state index in [0.29, 0.717) is 18.0 Å². The van der Waals surface area contributed by atoms with Crippen LogP contribution < -0.4 is 0 Å². The Morgan fingerprint density at radius 3 is 2.12 bits per heavy atom. The Labute approximate surface area is 108 Å². The van der Waals surface area contributed by atoms with E-state index in [1.165, 1.54) is 0 Å². The molecule has 1 aliphatic carbocycles. The minimum absolute atomic E-state index is 0.393. The summed E-state index contributed by atoms with van der Waals surface area (Å²) in [5, 5.41) is 9.36. The lowest BCUT2D eigenvalue weighted by Crippen LogP contribution is -2.19. The van der Waals surface area contributed by atoms with Gasteiger partial charge in [-0.3, -0.25) is 4.79 Å². The van der Waals surface area contributed by atoms with E-state index in [-0.39, 0.29) is 0 Å². The zero-order chi connectivity index (χ0) is 13.5. The predicted molar refractivity (Wildman–Crippen MR) is 70.5 cm³/mol. The third kappa shape index (κ3) is 3.70. The van der Waals surface area contributed by atoms with Crippen LogP contribution in [0.3, 0.4) is 0 Å². The summed E-state index contributed by atoms with van der Waals surface area (Å²) in [6.07, 6.45) is 2.95. The highest BCUT2D eigenvalue weighted by atomic mass is 35.5. The van der Waals surface area contributed by atoms with E-state index in [2.05, 4.69) is 4.98 Å². The van der Waals surface area contributed by atoms with Gasteiger partial charge in [0.25, 0.3) is 0 Å². The molecular weight excluding hydrogens is 238 g/mol. The smallest absolute Gasteiger partial charge is 0.314 e. The second kappa shape index (κ2) is 7.28. The molecule has 1 N–H and O–H groups in total. The molecule has 0 aromatic carbocycles. The van der Waals surface area contributed by atoms with E-state index in [0.717, 1.165) is 5.56 Å². The number of aliphatic carboxylic acids is 1. The first-order valence-electron chi connectivity index (χ1n) is 6.00. The third-order valence-electron chi connectivity index (χ3n) is 2.44. The fraction of sp³-hybridized carbons (Fsp3) is 0.538. The number of hydrogen-bond donors (Lipinski definition) is 1. The molecule has 0 aliphatic heterocycles. The number of carboxylic acid groups (broad SMARTS) is 1. The Balaban J connectivity index is 0.000000581. The first-order chi connectivity index (χ1) is 8.15. The Kier molecular flexibility index (Phi) is 6.81. The molecule has 4 heteroatoms. The zero-order valence-corrected chi connectivity index (χ0v) is 11.6. The van der Waals surface area contributed by atoms with Crippen molar-refractivity contribution in [2.45, 2.75) is 46.0 Å². The summed E-state index contributed by atoms with van der Waals surface area (Å²) < 4.78 is 0. The van der Waals surface area contributed by atoms with Gasteiger partial charge in [0.15, 0.2) is 0 Å². The maximum Gasteiger partial charge on any atom is 0.314 e. The van der Waals surface area contributed by atoms with Crippen molar-refractivity contribution in [1.82, 2.24) is 4.98 Å². The summed E-state index contributed by atoms with van der Waals surface area (Å²) in [7, 11) is 0. The van der Waals surface area contributed by atoms with Crippen molar-refractivity contribution in [2.75, 3.05) is 0 Å². The number of carboxylic acids is 1. The van der Waals surface area contributed by atoms with Crippen molar-refractivity contribution >= 4 is 17.6 Å². The maximum atomic E-state index is 10.9. The molecule has 1 aromatic heterocycles. The van der Waals surface area contributed by atoms with Gasteiger partial charge in [-0.2, -0.15) is 0 Å². The first kappa shape index (κ1) is 15.9. The zero-order valence-electron chi connectivity index (χ0n) is 10.8. The first-order valence-corrected chi connectivity index (χ1v) is 6.38. The summed E-state index contributed by atoms with van der Waals surface area (Å²) in [6, 6.07) is 3.36. The highest BCUT2D eigenvalue weighted by Gasteiger charge is 2.51. The van der Waals surface area contributed by atoms with Gasteiger partial charge < -0.3 is 5.11 Å². The SMILES string of the molecule is CC.CC.O=C(O)C1(c2ccc(Cl)nc2)CC1. The summed E-state index contributed by atoms with van der Waals surface area (Å²) in [5.74, 6) is -0.767. The van der Waals surface area contributed by atoms with Gasteiger partial charge in [-0.15, -0.1) is 0 Å². The van der Waals surface area contributed by atoms with E-state index in [9.17, 15) is 4.79 Å². The van der Waals surface area contributed by atoms with E-state index < -0.39 is 11.4 Å². The molecule has 0 radical (unpaired) electrons. The Bertz CT molecular complexity index is 345. The van der Waals surface area contributed by atoms with Crippen LogP contribution in [0.5, 0.6) is 0 Å². The molecule has 17 heavy (non-hydrogen) atoms. The number of carbonyl (C=O) groups is 1. The lowest BCUT2D eigenvalue weighted by molar-refractivity contribution is -0.140. The van der Waals surface area contributed by atoms with Crippen LogP contribution in [-0.2, 0) is 10.2 Å². The van der Waals surface area contributed by atoms with Crippen LogP contribution in [0.1, 0.15) is 46.1 Å². The summed E-state index contributed by atoms with van der Waals surface area (Å²) in [5.41, 5.74) is 0.0850. The molecule has 96 valence electrons. The van der Waals surface area contributed by atoms with Crippen LogP contribution in [0.2, 0.25) is 5.15 Å². The summed E-state index contributed by atoms with van der Waals surface area (Å²) in [6.45, 7) is 8.00. The molecule has 0 atom stereocenters. The molecule has 1 saturated carbocycles. The van der Waals surface area contributed by atoms with E-state index in [4.69, 9.17) is 16.7 Å². The second-order valence-corrected chi connectivity index (χ2v) is 3.64. The van der Waals surface area contributed by atoms with Crippen LogP contribution in [-0.4, -0.2) is 16.1 Å². The molecule has 0 bridgehead atoms. The van der Waals surface area contributed by atoms with E-state index in [1.807, 2.05) is 27.7 Å². The largest absolute Gasteiger partial charge is 0.481 e. The van der Waals surface area contributed by atoms with Gasteiger partial charge in [0, 0.05) is 6.20 Å². The minimum atomic E-state index is -0.767. The standard InChI is InChI=1S/C9H8ClNO2.2C2H6/c10-7-2-1-6(5-11-7)9(3-4-9)8(12)13;2*1-2/h1-2,5H,3-4H2,(H,12,13);2*1-2H3. The Morgan fingerprint density at radius 2 is 1.82 bits per heavy atom. The molecule has 0 unspecified atom stereocenters. The van der Waals surface area contributed by atoms with Crippen LogP contribution in [0.4, 0.5) is 0 Å². The molecule has 2 rings (SSSR count). The van der Waals surface area contributed by atoms with Crippen molar-refractivity contribution < 1.29 is 9.90 Å².